The van der Waals surface area contributed by atoms with Gasteiger partial charge in [0.05, 0.1) is 23.0 Å². The van der Waals surface area contributed by atoms with Crippen LogP contribution < -0.4 is 10.9 Å². The second-order valence-electron chi connectivity index (χ2n) is 6.07. The van der Waals surface area contributed by atoms with E-state index >= 15 is 0 Å². The number of fused-ring (bicyclic) bond motifs is 3. The highest BCUT2D eigenvalue weighted by Gasteiger charge is 2.30. The van der Waals surface area contributed by atoms with E-state index in [1.807, 2.05) is 0 Å². The number of hydrogen-bond donors (Lipinski definition) is 1. The van der Waals surface area contributed by atoms with Gasteiger partial charge in [0.2, 0.25) is 5.78 Å². The highest BCUT2D eigenvalue weighted by atomic mass is 19.4. The summed E-state index contributed by atoms with van der Waals surface area (Å²) in [6.45, 7) is 0.144. The molecular weight excluding hydrogens is 359 g/mol. The molecule has 0 aliphatic rings. The number of para-hydroxylation sites is 1. The van der Waals surface area contributed by atoms with Gasteiger partial charge in [-0.3, -0.25) is 13.8 Å². The first-order valence-corrected chi connectivity index (χ1v) is 8.09. The molecule has 0 aliphatic carbocycles. The van der Waals surface area contributed by atoms with E-state index in [9.17, 15) is 18.0 Å². The summed E-state index contributed by atoms with van der Waals surface area (Å²) in [7, 11) is 1.60. The van der Waals surface area contributed by atoms with Crippen molar-refractivity contribution in [2.75, 3.05) is 5.32 Å². The smallest absolute Gasteiger partial charge is 0.378 e. The summed E-state index contributed by atoms with van der Waals surface area (Å²) in [6, 6.07) is 12.0. The Morgan fingerprint density at radius 1 is 1.07 bits per heavy atom. The monoisotopic (exact) mass is 373 g/mol. The summed E-state index contributed by atoms with van der Waals surface area (Å²) >= 11 is 0. The van der Waals surface area contributed by atoms with Crippen LogP contribution in [0.1, 0.15) is 11.4 Å². The van der Waals surface area contributed by atoms with Gasteiger partial charge in [-0.15, -0.1) is 10.2 Å². The fraction of sp³-hybridized carbons (Fsp3) is 0.167. The third-order valence-corrected chi connectivity index (χ3v) is 4.33. The maximum atomic E-state index is 12.9. The van der Waals surface area contributed by atoms with E-state index < -0.39 is 11.7 Å². The first-order chi connectivity index (χ1) is 12.9. The molecule has 0 bridgehead atoms. The lowest BCUT2D eigenvalue weighted by Crippen LogP contribution is -2.20. The van der Waals surface area contributed by atoms with E-state index in [1.165, 1.54) is 10.6 Å². The minimum atomic E-state index is -4.41. The van der Waals surface area contributed by atoms with E-state index in [-0.39, 0.29) is 12.1 Å². The predicted molar refractivity (Wildman–Crippen MR) is 94.5 cm³/mol. The van der Waals surface area contributed by atoms with Crippen LogP contribution in [0.25, 0.3) is 16.7 Å². The lowest BCUT2D eigenvalue weighted by molar-refractivity contribution is -0.137. The van der Waals surface area contributed by atoms with Crippen molar-refractivity contribution >= 4 is 22.4 Å². The Morgan fingerprint density at radius 3 is 2.63 bits per heavy atom. The number of alkyl halides is 3. The lowest BCUT2D eigenvalue weighted by atomic mass is 10.2. The van der Waals surface area contributed by atoms with Crippen LogP contribution in [0, 0.1) is 0 Å². The summed E-state index contributed by atoms with van der Waals surface area (Å²) in [5.74, 6) is 0.841. The van der Waals surface area contributed by atoms with E-state index in [4.69, 9.17) is 0 Å². The molecule has 6 nitrogen and oxygen atoms in total. The first-order valence-electron chi connectivity index (χ1n) is 8.09. The van der Waals surface area contributed by atoms with Crippen LogP contribution in [0.15, 0.2) is 53.3 Å². The molecule has 138 valence electrons. The second kappa shape index (κ2) is 6.11. The summed E-state index contributed by atoms with van der Waals surface area (Å²) in [5.41, 5.74) is 0.0338. The minimum absolute atomic E-state index is 0.144. The molecule has 0 atom stereocenters. The topological polar surface area (TPSA) is 64.2 Å². The van der Waals surface area contributed by atoms with Gasteiger partial charge in [0.15, 0.2) is 5.82 Å². The van der Waals surface area contributed by atoms with Gasteiger partial charge in [0, 0.05) is 12.7 Å². The Labute approximate surface area is 150 Å². The van der Waals surface area contributed by atoms with Gasteiger partial charge in [-0.2, -0.15) is 13.2 Å². The van der Waals surface area contributed by atoms with Gasteiger partial charge in [0.25, 0.3) is 5.56 Å². The molecule has 0 saturated heterocycles. The number of aryl methyl sites for hydroxylation is 1. The quantitative estimate of drug-likeness (QED) is 0.599. The van der Waals surface area contributed by atoms with Crippen LogP contribution in [0.2, 0.25) is 0 Å². The highest BCUT2D eigenvalue weighted by molar-refractivity contribution is 5.80. The zero-order valence-electron chi connectivity index (χ0n) is 14.2. The number of rotatable bonds is 3. The molecule has 0 radical (unpaired) electrons. The molecule has 0 saturated carbocycles. The van der Waals surface area contributed by atoms with Crippen molar-refractivity contribution in [1.29, 1.82) is 0 Å². The van der Waals surface area contributed by atoms with Crippen LogP contribution in [0.3, 0.4) is 0 Å². The van der Waals surface area contributed by atoms with Crippen LogP contribution in [0.4, 0.5) is 18.9 Å². The van der Waals surface area contributed by atoms with Crippen molar-refractivity contribution in [2.24, 2.45) is 7.05 Å². The molecule has 9 heteroatoms. The zero-order chi connectivity index (χ0) is 19.2. The van der Waals surface area contributed by atoms with Crippen LogP contribution in [-0.2, 0) is 19.8 Å². The van der Waals surface area contributed by atoms with Crippen molar-refractivity contribution < 1.29 is 13.2 Å². The molecule has 0 unspecified atom stereocenters. The number of nitrogens with one attached hydrogen (secondary N) is 1. The van der Waals surface area contributed by atoms with Gasteiger partial charge in [-0.05, 0) is 30.3 Å². The van der Waals surface area contributed by atoms with E-state index in [2.05, 4.69) is 15.5 Å². The summed E-state index contributed by atoms with van der Waals surface area (Å²) in [5, 5.41) is 11.6. The van der Waals surface area contributed by atoms with Gasteiger partial charge in [-0.25, -0.2) is 0 Å². The van der Waals surface area contributed by atoms with Crippen molar-refractivity contribution in [3.8, 4) is 0 Å². The molecule has 2 heterocycles. The normalized spacial score (nSPS) is 12.0. The highest BCUT2D eigenvalue weighted by Crippen LogP contribution is 2.30. The molecule has 0 fully saturated rings. The van der Waals surface area contributed by atoms with Crippen molar-refractivity contribution in [3.63, 3.8) is 0 Å². The summed E-state index contributed by atoms with van der Waals surface area (Å²) < 4.78 is 41.7. The Hall–Kier alpha value is -3.36. The standard InChI is InChI=1S/C18H14F3N5O/c1-25-16(27)13-7-2-3-8-14(13)26-15(23-24-17(25)26)10-22-12-6-4-5-11(9-12)18(19,20)21/h2-9,22H,10H2,1H3. The summed E-state index contributed by atoms with van der Waals surface area (Å²) in [6.07, 6.45) is -4.41. The lowest BCUT2D eigenvalue weighted by Gasteiger charge is -2.11. The largest absolute Gasteiger partial charge is 0.416 e. The zero-order valence-corrected chi connectivity index (χ0v) is 14.2. The first kappa shape index (κ1) is 17.1. The average Bonchev–Trinajstić information content (AvgIpc) is 3.08. The third-order valence-electron chi connectivity index (χ3n) is 4.33. The van der Waals surface area contributed by atoms with E-state index in [0.717, 1.165) is 12.1 Å². The number of hydrogen-bond acceptors (Lipinski definition) is 4. The SMILES string of the molecule is Cn1c(=O)c2ccccc2n2c(CNc3cccc(C(F)(F)F)c3)nnc12. The fourth-order valence-corrected chi connectivity index (χ4v) is 2.99. The second-order valence-corrected chi connectivity index (χ2v) is 6.07. The molecule has 2 aromatic carbocycles. The fourth-order valence-electron chi connectivity index (χ4n) is 2.99. The van der Waals surface area contributed by atoms with Gasteiger partial charge in [-0.1, -0.05) is 18.2 Å². The molecule has 0 aliphatic heterocycles. The summed E-state index contributed by atoms with van der Waals surface area (Å²) in [4.78, 5) is 12.4. The van der Waals surface area contributed by atoms with Gasteiger partial charge in [0.1, 0.15) is 0 Å². The Kier molecular flexibility index (Phi) is 3.87. The number of nitrogens with zero attached hydrogens (tertiary/aromatic N) is 4. The Morgan fingerprint density at radius 2 is 1.85 bits per heavy atom. The van der Waals surface area contributed by atoms with Crippen molar-refractivity contribution in [1.82, 2.24) is 19.2 Å². The third kappa shape index (κ3) is 2.90. The molecule has 1 N–H and O–H groups in total. The molecule has 2 aromatic heterocycles. The minimum Gasteiger partial charge on any atom is -0.378 e. The molecule has 0 amide bonds. The van der Waals surface area contributed by atoms with Crippen LogP contribution in [-0.4, -0.2) is 19.2 Å². The Balaban J connectivity index is 1.75. The molecule has 27 heavy (non-hydrogen) atoms. The number of anilines is 1. The van der Waals surface area contributed by atoms with Crippen molar-refractivity contribution in [2.45, 2.75) is 12.7 Å². The van der Waals surface area contributed by atoms with Gasteiger partial charge < -0.3 is 5.32 Å². The van der Waals surface area contributed by atoms with E-state index in [1.54, 1.807) is 41.8 Å². The van der Waals surface area contributed by atoms with Crippen LogP contribution in [0.5, 0.6) is 0 Å². The van der Waals surface area contributed by atoms with Crippen molar-refractivity contribution in [3.05, 3.63) is 70.3 Å². The number of halogens is 3. The Bertz CT molecular complexity index is 1210. The number of aromatic nitrogens is 4. The predicted octanol–water partition coefficient (Wildman–Crippen LogP) is 3.21. The molecule has 0 spiro atoms. The maximum Gasteiger partial charge on any atom is 0.416 e. The van der Waals surface area contributed by atoms with Gasteiger partial charge >= 0.3 is 6.18 Å². The molecular formula is C18H14F3N5O. The van der Waals surface area contributed by atoms with Crippen LogP contribution >= 0.6 is 0 Å². The maximum absolute atomic E-state index is 12.9. The molecule has 4 aromatic rings. The molecule has 4 rings (SSSR count). The van der Waals surface area contributed by atoms with E-state index in [0.29, 0.717) is 28.2 Å². The average molecular weight is 373 g/mol. The number of benzene rings is 2.